The molecular weight excluding hydrogens is 410 g/mol. The SMILES string of the molecule is CC(F)(F)C(F)(F)Oc1ccc2c3c(cccc13)C(=O)N(OS(C)(=O)=O)C2=O. The highest BCUT2D eigenvalue weighted by atomic mass is 32.2. The highest BCUT2D eigenvalue weighted by Crippen LogP contribution is 2.41. The fraction of sp³-hybridized carbons (Fsp3) is 0.250. The van der Waals surface area contributed by atoms with Gasteiger partial charge in [0.15, 0.2) is 0 Å². The number of hydroxylamine groups is 2. The zero-order valence-corrected chi connectivity index (χ0v) is 15.0. The standard InChI is InChI=1S/C16H11F4NO6S/c1-15(17,18)16(19,20)26-11-7-6-10-12-8(11)4-3-5-9(12)13(22)21(14(10)23)27-28(2,24)25/h3-7H,1-2H3. The molecular formula is C16H11F4NO6S. The first-order chi connectivity index (χ1) is 12.7. The van der Waals surface area contributed by atoms with E-state index in [2.05, 4.69) is 9.02 Å². The van der Waals surface area contributed by atoms with Crippen molar-refractivity contribution >= 4 is 32.7 Å². The van der Waals surface area contributed by atoms with E-state index in [-0.39, 0.29) is 33.9 Å². The van der Waals surface area contributed by atoms with Crippen LogP contribution in [0.3, 0.4) is 0 Å². The summed E-state index contributed by atoms with van der Waals surface area (Å²) in [6.07, 6.45) is -4.24. The second-order valence-electron chi connectivity index (χ2n) is 6.03. The lowest BCUT2D eigenvalue weighted by molar-refractivity contribution is -0.301. The van der Waals surface area contributed by atoms with Gasteiger partial charge in [0.2, 0.25) is 0 Å². The maximum absolute atomic E-state index is 13.6. The second-order valence-corrected chi connectivity index (χ2v) is 7.59. The van der Waals surface area contributed by atoms with Gasteiger partial charge in [-0.25, -0.2) is 0 Å². The lowest BCUT2D eigenvalue weighted by atomic mass is 9.94. The second kappa shape index (κ2) is 6.14. The van der Waals surface area contributed by atoms with Crippen LogP contribution < -0.4 is 4.74 Å². The predicted octanol–water partition coefficient (Wildman–Crippen LogP) is 2.95. The molecule has 7 nitrogen and oxygen atoms in total. The molecule has 0 unspecified atom stereocenters. The smallest absolute Gasteiger partial charge is 0.427 e. The molecule has 0 aromatic heterocycles. The number of amides is 2. The third kappa shape index (κ3) is 3.29. The number of carbonyl (C=O) groups is 2. The van der Waals surface area contributed by atoms with Gasteiger partial charge in [0.25, 0.3) is 21.9 Å². The van der Waals surface area contributed by atoms with E-state index >= 15 is 0 Å². The van der Waals surface area contributed by atoms with Crippen LogP contribution in [0, 0.1) is 0 Å². The summed E-state index contributed by atoms with van der Waals surface area (Å²) < 4.78 is 84.7. The molecule has 2 aromatic carbocycles. The summed E-state index contributed by atoms with van der Waals surface area (Å²) in [4.78, 5) is 24.9. The molecule has 0 N–H and O–H groups in total. The summed E-state index contributed by atoms with van der Waals surface area (Å²) in [7, 11) is -4.23. The van der Waals surface area contributed by atoms with E-state index in [1.54, 1.807) is 0 Å². The molecule has 1 aliphatic rings. The molecule has 12 heteroatoms. The van der Waals surface area contributed by atoms with Crippen molar-refractivity contribution in [3.8, 4) is 5.75 Å². The van der Waals surface area contributed by atoms with Crippen molar-refractivity contribution in [2.45, 2.75) is 19.0 Å². The van der Waals surface area contributed by atoms with Crippen molar-refractivity contribution in [3.05, 3.63) is 41.5 Å². The van der Waals surface area contributed by atoms with Crippen molar-refractivity contribution in [1.82, 2.24) is 5.06 Å². The first-order valence-corrected chi connectivity index (χ1v) is 9.33. The van der Waals surface area contributed by atoms with Crippen LogP contribution in [0.1, 0.15) is 27.6 Å². The van der Waals surface area contributed by atoms with E-state index in [1.807, 2.05) is 0 Å². The van der Waals surface area contributed by atoms with Gasteiger partial charge in [-0.3, -0.25) is 9.59 Å². The van der Waals surface area contributed by atoms with Crippen LogP contribution in [0.5, 0.6) is 5.75 Å². The topological polar surface area (TPSA) is 90.0 Å². The molecule has 1 aliphatic heterocycles. The van der Waals surface area contributed by atoms with Gasteiger partial charge in [0.05, 0.1) is 17.4 Å². The van der Waals surface area contributed by atoms with Gasteiger partial charge in [-0.2, -0.15) is 26.0 Å². The van der Waals surface area contributed by atoms with Gasteiger partial charge < -0.3 is 4.74 Å². The van der Waals surface area contributed by atoms with Gasteiger partial charge >= 0.3 is 12.0 Å². The van der Waals surface area contributed by atoms with Crippen molar-refractivity contribution in [3.63, 3.8) is 0 Å². The summed E-state index contributed by atoms with van der Waals surface area (Å²) in [5.74, 6) is -7.53. The van der Waals surface area contributed by atoms with Crippen LogP contribution in [0.25, 0.3) is 10.8 Å². The number of carbonyl (C=O) groups excluding carboxylic acids is 2. The number of rotatable bonds is 5. The molecule has 0 bridgehead atoms. The summed E-state index contributed by atoms with van der Waals surface area (Å²) in [5.41, 5.74) is -0.513. The van der Waals surface area contributed by atoms with Gasteiger partial charge in [-0.15, -0.1) is 9.35 Å². The number of ether oxygens (including phenoxy) is 1. The number of imide groups is 1. The highest BCUT2D eigenvalue weighted by Gasteiger charge is 2.55. The van der Waals surface area contributed by atoms with Crippen LogP contribution in [0.4, 0.5) is 17.6 Å². The number of halogens is 4. The monoisotopic (exact) mass is 421 g/mol. The van der Waals surface area contributed by atoms with Crippen molar-refractivity contribution < 1.29 is 44.6 Å². The summed E-state index contributed by atoms with van der Waals surface area (Å²) in [6, 6.07) is 5.39. The molecule has 0 fully saturated rings. The summed E-state index contributed by atoms with van der Waals surface area (Å²) in [5, 5.41) is -0.347. The van der Waals surface area contributed by atoms with E-state index in [1.165, 1.54) is 18.2 Å². The molecule has 0 atom stereocenters. The molecule has 2 aromatic rings. The third-order valence-electron chi connectivity index (χ3n) is 3.79. The van der Waals surface area contributed by atoms with E-state index < -0.39 is 39.7 Å². The molecule has 0 saturated carbocycles. The maximum Gasteiger partial charge on any atom is 0.463 e. The van der Waals surface area contributed by atoms with E-state index in [0.29, 0.717) is 6.26 Å². The predicted molar refractivity (Wildman–Crippen MR) is 86.6 cm³/mol. The Morgan fingerprint density at radius 1 is 0.964 bits per heavy atom. The quantitative estimate of drug-likeness (QED) is 0.545. The van der Waals surface area contributed by atoms with Gasteiger partial charge in [-0.05, 0) is 18.2 Å². The number of hydrogen-bond donors (Lipinski definition) is 0. The summed E-state index contributed by atoms with van der Waals surface area (Å²) in [6.45, 7) is -0.0223. The third-order valence-corrected chi connectivity index (χ3v) is 4.21. The Labute approximate surface area is 155 Å². The lowest BCUT2D eigenvalue weighted by Gasteiger charge is -2.27. The van der Waals surface area contributed by atoms with Crippen LogP contribution in [-0.2, 0) is 14.4 Å². The zero-order valence-electron chi connectivity index (χ0n) is 14.2. The fourth-order valence-corrected chi connectivity index (χ4v) is 2.97. The van der Waals surface area contributed by atoms with Gasteiger partial charge in [0.1, 0.15) is 5.75 Å². The molecule has 0 aliphatic carbocycles. The lowest BCUT2D eigenvalue weighted by Crippen LogP contribution is -2.43. The molecule has 1 heterocycles. The molecule has 0 saturated heterocycles. The Kier molecular flexibility index (Phi) is 4.39. The molecule has 3 rings (SSSR count). The minimum absolute atomic E-state index is 0.0156. The Morgan fingerprint density at radius 3 is 2.07 bits per heavy atom. The van der Waals surface area contributed by atoms with Crippen molar-refractivity contribution in [1.29, 1.82) is 0 Å². The largest absolute Gasteiger partial charge is 0.463 e. The van der Waals surface area contributed by atoms with Crippen LogP contribution in [0.2, 0.25) is 0 Å². The van der Waals surface area contributed by atoms with Crippen molar-refractivity contribution in [2.75, 3.05) is 6.26 Å². The Balaban J connectivity index is 2.18. The number of hydrogen-bond acceptors (Lipinski definition) is 6. The molecule has 2 amide bonds. The van der Waals surface area contributed by atoms with E-state index in [9.17, 15) is 35.6 Å². The van der Waals surface area contributed by atoms with E-state index in [0.717, 1.165) is 12.1 Å². The Morgan fingerprint density at radius 2 is 1.54 bits per heavy atom. The Bertz CT molecular complexity index is 1090. The molecule has 0 spiro atoms. The van der Waals surface area contributed by atoms with Gasteiger partial charge in [0, 0.05) is 17.7 Å². The van der Waals surface area contributed by atoms with Crippen LogP contribution in [0.15, 0.2) is 30.3 Å². The first kappa shape index (κ1) is 20.0. The highest BCUT2D eigenvalue weighted by molar-refractivity contribution is 7.85. The molecule has 150 valence electrons. The number of nitrogens with zero attached hydrogens (tertiary/aromatic N) is 1. The minimum Gasteiger partial charge on any atom is -0.427 e. The summed E-state index contributed by atoms with van der Waals surface area (Å²) >= 11 is 0. The number of alkyl halides is 4. The average Bonchev–Trinajstić information content (AvgIpc) is 2.55. The first-order valence-electron chi connectivity index (χ1n) is 7.52. The van der Waals surface area contributed by atoms with Crippen molar-refractivity contribution in [2.24, 2.45) is 0 Å². The normalized spacial score (nSPS) is 15.3. The molecule has 0 radical (unpaired) electrons. The van der Waals surface area contributed by atoms with E-state index in [4.69, 9.17) is 0 Å². The minimum atomic E-state index is -4.86. The zero-order chi connectivity index (χ0) is 21.1. The fourth-order valence-electron chi connectivity index (χ4n) is 2.57. The number of benzene rings is 2. The Hall–Kier alpha value is -2.73. The van der Waals surface area contributed by atoms with Gasteiger partial charge in [-0.1, -0.05) is 12.1 Å². The average molecular weight is 421 g/mol. The maximum atomic E-state index is 13.6. The van der Waals surface area contributed by atoms with Crippen LogP contribution in [-0.4, -0.2) is 43.6 Å². The molecule has 28 heavy (non-hydrogen) atoms. The van der Waals surface area contributed by atoms with Crippen LogP contribution >= 0.6 is 0 Å².